The van der Waals surface area contributed by atoms with Crippen LogP contribution in [0, 0.1) is 0 Å². The number of benzene rings is 1. The number of carbonyl (C=O) groups excluding carboxylic acids is 6. The van der Waals surface area contributed by atoms with Crippen LogP contribution in [0.3, 0.4) is 0 Å². The minimum Gasteiger partial charge on any atom is -0.508 e. The summed E-state index contributed by atoms with van der Waals surface area (Å²) in [6, 6.07) is 1.15. The largest absolute Gasteiger partial charge is 0.514 e. The number of β-lactam (4-membered cyclic amide) rings is 2. The van der Waals surface area contributed by atoms with Crippen molar-refractivity contribution in [2.75, 3.05) is 13.6 Å². The molecule has 250 valence electrons. The van der Waals surface area contributed by atoms with Crippen LogP contribution in [-0.4, -0.2) is 111 Å². The lowest BCUT2D eigenvalue weighted by atomic mass is 9.95. The Morgan fingerprint density at radius 1 is 0.978 bits per heavy atom. The average molecular weight is 685 g/mol. The third kappa shape index (κ3) is 5.38. The van der Waals surface area contributed by atoms with Gasteiger partial charge in [-0.15, -0.1) is 11.8 Å². The molecule has 0 saturated carbocycles. The summed E-state index contributed by atoms with van der Waals surface area (Å²) in [5.74, 6) is -3.66. The predicted molar refractivity (Wildman–Crippen MR) is 155 cm³/mol. The summed E-state index contributed by atoms with van der Waals surface area (Å²) in [7, 11) is -3.83. The molecule has 0 aliphatic carbocycles. The lowest BCUT2D eigenvalue weighted by Gasteiger charge is -2.44. The number of sulfone groups is 1. The van der Waals surface area contributed by atoms with Gasteiger partial charge >= 0.3 is 18.1 Å². The first kappa shape index (κ1) is 33.3. The zero-order valence-electron chi connectivity index (χ0n) is 25.0. The minimum absolute atomic E-state index is 0.000887. The Morgan fingerprint density at radius 2 is 1.54 bits per heavy atom. The highest BCUT2D eigenvalue weighted by molar-refractivity contribution is 8.01. The van der Waals surface area contributed by atoms with Gasteiger partial charge in [0.2, 0.25) is 31.3 Å². The van der Waals surface area contributed by atoms with Gasteiger partial charge in [-0.1, -0.05) is 12.1 Å². The summed E-state index contributed by atoms with van der Waals surface area (Å²) in [4.78, 5) is 77.4. The Bertz CT molecular complexity index is 1600. The molecule has 4 saturated heterocycles. The fourth-order valence-electron chi connectivity index (χ4n) is 5.88. The molecule has 0 radical (unpaired) electrons. The molecule has 5 rings (SSSR count). The van der Waals surface area contributed by atoms with Crippen molar-refractivity contribution in [1.82, 2.24) is 15.1 Å². The summed E-state index contributed by atoms with van der Waals surface area (Å²) in [5.41, 5.74) is 6.43. The van der Waals surface area contributed by atoms with Crippen molar-refractivity contribution in [2.45, 2.75) is 78.5 Å². The number of carbonyl (C=O) groups is 6. The maximum Gasteiger partial charge on any atom is 0.514 e. The number of phenolic OH excluding ortho intramolecular Hbond substituents is 1. The number of ether oxygens (including phenoxy) is 4. The van der Waals surface area contributed by atoms with E-state index in [1.807, 2.05) is 0 Å². The summed E-state index contributed by atoms with van der Waals surface area (Å²) in [6.45, 7) is 4.13. The second-order valence-electron chi connectivity index (χ2n) is 12.0. The highest BCUT2D eigenvalue weighted by atomic mass is 32.2. The van der Waals surface area contributed by atoms with Crippen LogP contribution in [0.4, 0.5) is 4.79 Å². The van der Waals surface area contributed by atoms with Crippen LogP contribution in [0.25, 0.3) is 0 Å². The van der Waals surface area contributed by atoms with Gasteiger partial charge in [0.05, 0.1) is 11.2 Å². The van der Waals surface area contributed by atoms with Gasteiger partial charge < -0.3 is 44.9 Å². The van der Waals surface area contributed by atoms with Crippen molar-refractivity contribution < 1.29 is 61.2 Å². The first-order valence-electron chi connectivity index (χ1n) is 13.9. The van der Waals surface area contributed by atoms with Crippen molar-refractivity contribution in [3.8, 4) is 5.75 Å². The maximum atomic E-state index is 13.0. The minimum atomic E-state index is -3.83. The van der Waals surface area contributed by atoms with Crippen LogP contribution in [-0.2, 0) is 52.8 Å². The molecule has 1 aromatic rings. The molecule has 0 spiro atoms. The first-order valence-corrected chi connectivity index (χ1v) is 16.3. The number of hydrogen-bond donors (Lipinski definition) is 3. The van der Waals surface area contributed by atoms with Crippen LogP contribution in [0.1, 0.15) is 45.7 Å². The molecular formula is C27H32N4O13S2. The maximum absolute atomic E-state index is 13.0. The number of aromatic hydroxyl groups is 1. The molecule has 4 aliphatic heterocycles. The Hall–Kier alpha value is -4.10. The molecule has 6 atom stereocenters. The van der Waals surface area contributed by atoms with Crippen molar-refractivity contribution in [1.29, 1.82) is 0 Å². The van der Waals surface area contributed by atoms with Crippen LogP contribution in [0.15, 0.2) is 24.3 Å². The highest BCUT2D eigenvalue weighted by Gasteiger charge is 2.68. The molecular weight excluding hydrogens is 652 g/mol. The van der Waals surface area contributed by atoms with Crippen LogP contribution >= 0.6 is 11.8 Å². The lowest BCUT2D eigenvalue weighted by Crippen LogP contribution is -2.71. The van der Waals surface area contributed by atoms with Gasteiger partial charge in [0.25, 0.3) is 0 Å². The molecule has 0 bridgehead atoms. The predicted octanol–water partition coefficient (Wildman–Crippen LogP) is -0.772. The van der Waals surface area contributed by atoms with E-state index in [-0.39, 0.29) is 12.2 Å². The number of hydrogen-bond acceptors (Lipinski definition) is 15. The number of thioether (sulfide) groups is 1. The first-order chi connectivity index (χ1) is 21.4. The van der Waals surface area contributed by atoms with E-state index >= 15 is 0 Å². The second kappa shape index (κ2) is 11.6. The molecule has 19 heteroatoms. The van der Waals surface area contributed by atoms with Crippen LogP contribution in [0.5, 0.6) is 5.75 Å². The van der Waals surface area contributed by atoms with E-state index in [0.29, 0.717) is 5.56 Å². The van der Waals surface area contributed by atoms with Gasteiger partial charge in [0, 0.05) is 4.75 Å². The van der Waals surface area contributed by atoms with E-state index in [1.165, 1.54) is 54.8 Å². The molecule has 1 unspecified atom stereocenters. The Balaban J connectivity index is 1.07. The number of fused-ring (bicyclic) bond motifs is 2. The van der Waals surface area contributed by atoms with Gasteiger partial charge in [-0.2, -0.15) is 0 Å². The molecule has 46 heavy (non-hydrogen) atoms. The van der Waals surface area contributed by atoms with E-state index in [4.69, 9.17) is 19.9 Å². The standard InChI is InChI=1S/C27H32N4O13S2/c1-26(2)18(31-21(35)17(22(31)45-26)29-20(34)16(28)12-5-7-13(32)8-6-12)23(36)41-10-43-25(38)44-11-42-24(37)19-27(3,4)46(39,40)15-9-14(33)30(15)19/h5-8,15-19,22,32H,9-11,28H2,1-4H3,(H,29,34)/t15-,16?,17-,18+,19+,22-/m1/s1. The molecule has 3 amide bonds. The van der Waals surface area contributed by atoms with Gasteiger partial charge in [0.15, 0.2) is 9.84 Å². The van der Waals surface area contributed by atoms with Crippen molar-refractivity contribution in [2.24, 2.45) is 5.73 Å². The fraction of sp³-hybridized carbons (Fsp3) is 0.556. The van der Waals surface area contributed by atoms with E-state index in [9.17, 15) is 42.3 Å². The summed E-state index contributed by atoms with van der Waals surface area (Å²) >= 11 is 1.26. The zero-order valence-corrected chi connectivity index (χ0v) is 26.7. The average Bonchev–Trinajstić information content (AvgIpc) is 3.30. The number of nitrogens with two attached hydrogens (primary N) is 1. The molecule has 4 N–H and O–H groups in total. The molecule has 4 heterocycles. The second-order valence-corrected chi connectivity index (χ2v) is 16.5. The van der Waals surface area contributed by atoms with E-state index < -0.39 is 104 Å². The number of rotatable bonds is 9. The SMILES string of the molecule is CC1(C)S[C@@H]2[C@H](NC(=O)C(N)c3ccc(O)cc3)C(=O)N2[C@H]1C(=O)OCOC(=O)OCOC(=O)[C@@H]1N2C(=O)C[C@H]2S(=O)(=O)C1(C)C. The van der Waals surface area contributed by atoms with E-state index in [1.54, 1.807) is 13.8 Å². The van der Waals surface area contributed by atoms with Gasteiger partial charge in [-0.25, -0.2) is 22.8 Å². The van der Waals surface area contributed by atoms with E-state index in [2.05, 4.69) is 10.1 Å². The van der Waals surface area contributed by atoms with Gasteiger partial charge in [-0.3, -0.25) is 14.4 Å². The molecule has 17 nitrogen and oxygen atoms in total. The monoisotopic (exact) mass is 684 g/mol. The highest BCUT2D eigenvalue weighted by Crippen LogP contribution is 2.51. The zero-order chi connectivity index (χ0) is 33.9. The van der Waals surface area contributed by atoms with Crippen molar-refractivity contribution >= 4 is 57.4 Å². The normalized spacial score (nSPS) is 28.5. The molecule has 1 aromatic carbocycles. The number of phenols is 1. The molecule has 4 aliphatic rings. The van der Waals surface area contributed by atoms with Crippen molar-refractivity contribution in [3.05, 3.63) is 29.8 Å². The van der Waals surface area contributed by atoms with Gasteiger partial charge in [-0.05, 0) is 45.4 Å². The molecule has 4 fully saturated rings. The third-order valence-electron chi connectivity index (χ3n) is 8.45. The quantitative estimate of drug-likeness (QED) is 0.164. The van der Waals surface area contributed by atoms with Gasteiger partial charge in [0.1, 0.15) is 40.7 Å². The summed E-state index contributed by atoms with van der Waals surface area (Å²) in [5, 5.41) is 10.3. The summed E-state index contributed by atoms with van der Waals surface area (Å²) < 4.78 is 42.0. The number of esters is 2. The molecule has 0 aromatic heterocycles. The fourth-order valence-corrected chi connectivity index (χ4v) is 9.63. The van der Waals surface area contributed by atoms with Crippen molar-refractivity contribution in [3.63, 3.8) is 0 Å². The smallest absolute Gasteiger partial charge is 0.508 e. The topological polar surface area (TPSA) is 238 Å². The lowest BCUT2D eigenvalue weighted by molar-refractivity contribution is -0.173. The Kier molecular flexibility index (Phi) is 8.39. The van der Waals surface area contributed by atoms with Crippen LogP contribution in [0.2, 0.25) is 0 Å². The summed E-state index contributed by atoms with van der Waals surface area (Å²) in [6.07, 6.45) is -1.61. The third-order valence-corrected chi connectivity index (χ3v) is 12.8. The number of amides is 3. The number of nitrogens with zero attached hydrogens (tertiary/aromatic N) is 2. The Morgan fingerprint density at radius 3 is 2.11 bits per heavy atom. The Labute approximate surface area is 266 Å². The van der Waals surface area contributed by atoms with Crippen LogP contribution < -0.4 is 11.1 Å². The number of nitrogens with one attached hydrogen (secondary N) is 1. The van der Waals surface area contributed by atoms with E-state index in [0.717, 1.165) is 4.90 Å².